The van der Waals surface area contributed by atoms with Gasteiger partial charge in [-0.05, 0) is 88.4 Å². The van der Waals surface area contributed by atoms with Gasteiger partial charge in [-0.25, -0.2) is 0 Å². The summed E-state index contributed by atoms with van der Waals surface area (Å²) in [7, 11) is 0. The number of hydrogen-bond acceptors (Lipinski definition) is 3. The van der Waals surface area contributed by atoms with E-state index in [0.29, 0.717) is 5.11 Å². The Morgan fingerprint density at radius 3 is 1.23 bits per heavy atom. The molecule has 0 bridgehead atoms. The second-order valence-corrected chi connectivity index (χ2v) is 6.43. The Bertz CT molecular complexity index is 615. The van der Waals surface area contributed by atoms with Crippen LogP contribution in [0.2, 0.25) is 0 Å². The van der Waals surface area contributed by atoms with Crippen LogP contribution in [-0.2, 0) is 0 Å². The lowest BCUT2D eigenvalue weighted by atomic mass is 10.2. The van der Waals surface area contributed by atoms with E-state index in [2.05, 4.69) is 96.7 Å². The molecular formula is C21H30N4S. The third-order valence-corrected chi connectivity index (χ3v) is 4.71. The first-order chi connectivity index (χ1) is 12.6. The van der Waals surface area contributed by atoms with E-state index in [9.17, 15) is 0 Å². The van der Waals surface area contributed by atoms with Gasteiger partial charge in [0.15, 0.2) is 5.11 Å². The van der Waals surface area contributed by atoms with Crippen LogP contribution in [0.5, 0.6) is 0 Å². The highest BCUT2D eigenvalue weighted by Crippen LogP contribution is 2.20. The molecule has 2 N–H and O–H groups in total. The molecule has 0 aliphatic rings. The fraction of sp³-hybridized carbons (Fsp3) is 0.381. The second kappa shape index (κ2) is 10.0. The van der Waals surface area contributed by atoms with Crippen LogP contribution in [0.25, 0.3) is 0 Å². The summed E-state index contributed by atoms with van der Waals surface area (Å²) in [5.41, 5.74) is 4.43. The number of hydrogen-bond donors (Lipinski definition) is 2. The molecule has 0 radical (unpaired) electrons. The summed E-state index contributed by atoms with van der Waals surface area (Å²) >= 11 is 5.44. The monoisotopic (exact) mass is 370 g/mol. The minimum absolute atomic E-state index is 0.594. The standard InChI is InChI=1S/C21H30N4S/c1-5-24(6-2)19-13-9-17(10-14-19)22-21(26)23-18-11-15-20(16-12-18)25(7-3)8-4/h9-16H,5-8H2,1-4H3,(H2,22,23,26). The van der Waals surface area contributed by atoms with Crippen LogP contribution in [0.3, 0.4) is 0 Å². The van der Waals surface area contributed by atoms with Crippen molar-refractivity contribution in [2.45, 2.75) is 27.7 Å². The molecule has 0 aromatic heterocycles. The van der Waals surface area contributed by atoms with Crippen molar-refractivity contribution in [3.63, 3.8) is 0 Å². The van der Waals surface area contributed by atoms with Crippen molar-refractivity contribution < 1.29 is 0 Å². The van der Waals surface area contributed by atoms with E-state index in [1.807, 2.05) is 0 Å². The Kier molecular flexibility index (Phi) is 7.73. The number of nitrogens with one attached hydrogen (secondary N) is 2. The summed E-state index contributed by atoms with van der Waals surface area (Å²) in [6, 6.07) is 16.7. The molecule has 5 heteroatoms. The van der Waals surface area contributed by atoms with E-state index in [0.717, 1.165) is 37.6 Å². The summed E-state index contributed by atoms with van der Waals surface area (Å²) in [6.45, 7) is 12.7. The molecule has 0 atom stereocenters. The third kappa shape index (κ3) is 5.36. The molecule has 140 valence electrons. The van der Waals surface area contributed by atoms with E-state index in [1.54, 1.807) is 0 Å². The lowest BCUT2D eigenvalue weighted by Gasteiger charge is -2.22. The van der Waals surface area contributed by atoms with Crippen molar-refractivity contribution in [1.29, 1.82) is 0 Å². The highest BCUT2D eigenvalue weighted by Gasteiger charge is 2.04. The van der Waals surface area contributed by atoms with Gasteiger partial charge in [-0.3, -0.25) is 0 Å². The topological polar surface area (TPSA) is 30.5 Å². The van der Waals surface area contributed by atoms with Gasteiger partial charge in [-0.15, -0.1) is 0 Å². The van der Waals surface area contributed by atoms with Crippen LogP contribution in [0.15, 0.2) is 48.5 Å². The number of benzene rings is 2. The third-order valence-electron chi connectivity index (χ3n) is 4.51. The van der Waals surface area contributed by atoms with E-state index < -0.39 is 0 Å². The Morgan fingerprint density at radius 2 is 0.962 bits per heavy atom. The van der Waals surface area contributed by atoms with Gasteiger partial charge in [0.25, 0.3) is 0 Å². The first kappa shape index (κ1) is 20.0. The first-order valence-electron chi connectivity index (χ1n) is 9.39. The number of anilines is 4. The number of rotatable bonds is 8. The molecular weight excluding hydrogens is 340 g/mol. The zero-order chi connectivity index (χ0) is 18.9. The number of nitrogens with zero attached hydrogens (tertiary/aromatic N) is 2. The Labute approximate surface area is 163 Å². The van der Waals surface area contributed by atoms with Gasteiger partial charge in [0.1, 0.15) is 0 Å². The maximum atomic E-state index is 5.44. The fourth-order valence-electron chi connectivity index (χ4n) is 2.98. The molecule has 0 heterocycles. The lowest BCUT2D eigenvalue weighted by molar-refractivity contribution is 0.866. The molecule has 2 aromatic carbocycles. The molecule has 0 aliphatic heterocycles. The molecule has 4 nitrogen and oxygen atoms in total. The maximum absolute atomic E-state index is 5.44. The largest absolute Gasteiger partial charge is 0.372 e. The van der Waals surface area contributed by atoms with Crippen LogP contribution in [0.1, 0.15) is 27.7 Å². The predicted molar refractivity (Wildman–Crippen MR) is 120 cm³/mol. The zero-order valence-electron chi connectivity index (χ0n) is 16.2. The minimum Gasteiger partial charge on any atom is -0.372 e. The Balaban J connectivity index is 1.94. The van der Waals surface area contributed by atoms with Gasteiger partial charge in [-0.2, -0.15) is 0 Å². The smallest absolute Gasteiger partial charge is 0.175 e. The Hall–Kier alpha value is -2.27. The van der Waals surface area contributed by atoms with E-state index in [1.165, 1.54) is 11.4 Å². The van der Waals surface area contributed by atoms with Crippen LogP contribution >= 0.6 is 12.2 Å². The minimum atomic E-state index is 0.594. The lowest BCUT2D eigenvalue weighted by Crippen LogP contribution is -2.22. The molecule has 0 unspecified atom stereocenters. The average Bonchev–Trinajstić information content (AvgIpc) is 2.66. The van der Waals surface area contributed by atoms with Gasteiger partial charge in [0.2, 0.25) is 0 Å². The van der Waals surface area contributed by atoms with Crippen molar-refractivity contribution in [3.8, 4) is 0 Å². The van der Waals surface area contributed by atoms with Gasteiger partial charge in [-0.1, -0.05) is 0 Å². The van der Waals surface area contributed by atoms with Crippen molar-refractivity contribution in [3.05, 3.63) is 48.5 Å². The second-order valence-electron chi connectivity index (χ2n) is 6.02. The van der Waals surface area contributed by atoms with Crippen molar-refractivity contribution >= 4 is 40.1 Å². The van der Waals surface area contributed by atoms with E-state index in [-0.39, 0.29) is 0 Å². The summed E-state index contributed by atoms with van der Waals surface area (Å²) in [5.74, 6) is 0. The quantitative estimate of drug-likeness (QED) is 0.625. The highest BCUT2D eigenvalue weighted by molar-refractivity contribution is 7.80. The molecule has 26 heavy (non-hydrogen) atoms. The summed E-state index contributed by atoms with van der Waals surface area (Å²) in [4.78, 5) is 4.63. The zero-order valence-corrected chi connectivity index (χ0v) is 17.1. The molecule has 0 saturated heterocycles. The van der Waals surface area contributed by atoms with Crippen molar-refractivity contribution in [1.82, 2.24) is 0 Å². The molecule has 0 fully saturated rings. The van der Waals surface area contributed by atoms with Crippen LogP contribution in [0.4, 0.5) is 22.7 Å². The Morgan fingerprint density at radius 1 is 0.654 bits per heavy atom. The summed E-state index contributed by atoms with van der Waals surface area (Å²) in [6.07, 6.45) is 0. The van der Waals surface area contributed by atoms with Gasteiger partial charge in [0, 0.05) is 48.9 Å². The molecule has 0 spiro atoms. The SMILES string of the molecule is CCN(CC)c1ccc(NC(=S)Nc2ccc(N(CC)CC)cc2)cc1. The maximum Gasteiger partial charge on any atom is 0.175 e. The highest BCUT2D eigenvalue weighted by atomic mass is 32.1. The van der Waals surface area contributed by atoms with Gasteiger partial charge >= 0.3 is 0 Å². The van der Waals surface area contributed by atoms with E-state index in [4.69, 9.17) is 12.2 Å². The van der Waals surface area contributed by atoms with Crippen molar-refractivity contribution in [2.75, 3.05) is 46.6 Å². The average molecular weight is 371 g/mol. The predicted octanol–water partition coefficient (Wildman–Crippen LogP) is 5.19. The normalized spacial score (nSPS) is 10.3. The first-order valence-corrected chi connectivity index (χ1v) is 9.80. The van der Waals surface area contributed by atoms with Crippen molar-refractivity contribution in [2.24, 2.45) is 0 Å². The van der Waals surface area contributed by atoms with Crippen LogP contribution in [0, 0.1) is 0 Å². The molecule has 0 saturated carbocycles. The van der Waals surface area contributed by atoms with E-state index >= 15 is 0 Å². The number of thiocarbonyl (C=S) groups is 1. The van der Waals surface area contributed by atoms with Gasteiger partial charge in [0.05, 0.1) is 0 Å². The van der Waals surface area contributed by atoms with Crippen LogP contribution < -0.4 is 20.4 Å². The summed E-state index contributed by atoms with van der Waals surface area (Å²) < 4.78 is 0. The van der Waals surface area contributed by atoms with Gasteiger partial charge < -0.3 is 20.4 Å². The molecule has 2 rings (SSSR count). The molecule has 0 aliphatic carbocycles. The molecule has 0 amide bonds. The fourth-order valence-corrected chi connectivity index (χ4v) is 3.22. The summed E-state index contributed by atoms with van der Waals surface area (Å²) in [5, 5.41) is 7.08. The molecule has 2 aromatic rings. The van der Waals surface area contributed by atoms with Crippen LogP contribution in [-0.4, -0.2) is 31.3 Å².